The number of hydrogen-bond acceptors (Lipinski definition) is 11. The highest BCUT2D eigenvalue weighted by Crippen LogP contribution is 2.65. The van der Waals surface area contributed by atoms with Crippen LogP contribution in [0.3, 0.4) is 0 Å². The third-order valence-corrected chi connectivity index (χ3v) is 11.9. The monoisotopic (exact) mass is 634 g/mol. The third-order valence-electron chi connectivity index (χ3n) is 10.9. The minimum absolute atomic E-state index is 0.0596. The molecule has 4 bridgehead atoms. The van der Waals surface area contributed by atoms with E-state index in [4.69, 9.17) is 23.5 Å². The Balaban J connectivity index is 1.10. The predicted octanol–water partition coefficient (Wildman–Crippen LogP) is 2.42. The highest BCUT2D eigenvalue weighted by molar-refractivity contribution is 7.86. The first kappa shape index (κ1) is 30.6. The van der Waals surface area contributed by atoms with Crippen LogP contribution >= 0.6 is 0 Å². The van der Waals surface area contributed by atoms with Crippen LogP contribution in [0.25, 0.3) is 0 Å². The van der Waals surface area contributed by atoms with Gasteiger partial charge >= 0.3 is 39.2 Å². The Kier molecular flexibility index (Phi) is 7.36. The van der Waals surface area contributed by atoms with Crippen molar-refractivity contribution < 1.29 is 64.6 Å². The van der Waals surface area contributed by atoms with Crippen molar-refractivity contribution in [2.75, 3.05) is 0 Å². The van der Waals surface area contributed by atoms with E-state index in [1.54, 1.807) is 0 Å². The molecule has 6 aliphatic rings. The van der Waals surface area contributed by atoms with Crippen LogP contribution in [0.15, 0.2) is 0 Å². The molecule has 12 nitrogen and oxygen atoms in total. The molecule has 0 radical (unpaired) electrons. The normalized spacial score (nSPS) is 41.3. The van der Waals surface area contributed by atoms with Crippen LogP contribution < -0.4 is 0 Å². The molecule has 0 spiro atoms. The molecule has 3 saturated heterocycles. The molecule has 240 valence electrons. The fourth-order valence-electron chi connectivity index (χ4n) is 8.98. The number of halogens is 2. The van der Waals surface area contributed by atoms with Crippen LogP contribution in [0.2, 0.25) is 0 Å². The van der Waals surface area contributed by atoms with Crippen LogP contribution in [-0.4, -0.2) is 78.2 Å². The molecule has 3 aliphatic carbocycles. The summed E-state index contributed by atoms with van der Waals surface area (Å²) in [6, 6.07) is 0. The molecule has 0 aromatic rings. The van der Waals surface area contributed by atoms with Crippen molar-refractivity contribution in [3.8, 4) is 0 Å². The number of rotatable bonds is 10. The summed E-state index contributed by atoms with van der Waals surface area (Å²) in [5, 5.41) is -4.75. The zero-order valence-electron chi connectivity index (χ0n) is 24.0. The van der Waals surface area contributed by atoms with Crippen LogP contribution in [-0.2, 0) is 53.0 Å². The van der Waals surface area contributed by atoms with E-state index < -0.39 is 100 Å². The molecule has 6 rings (SSSR count). The van der Waals surface area contributed by atoms with Crippen molar-refractivity contribution in [2.45, 2.75) is 107 Å². The predicted molar refractivity (Wildman–Crippen MR) is 137 cm³/mol. The van der Waals surface area contributed by atoms with Gasteiger partial charge in [-0.3, -0.25) is 23.7 Å². The van der Waals surface area contributed by atoms with Gasteiger partial charge in [-0.25, -0.2) is 0 Å². The summed E-state index contributed by atoms with van der Waals surface area (Å²) in [6.45, 7) is 4.68. The van der Waals surface area contributed by atoms with E-state index in [2.05, 4.69) is 18.6 Å². The number of alkyl halides is 2. The Morgan fingerprint density at radius 1 is 1.07 bits per heavy atom. The first-order chi connectivity index (χ1) is 20.1. The molecule has 0 amide bonds. The van der Waals surface area contributed by atoms with Crippen molar-refractivity contribution in [1.29, 1.82) is 0 Å². The van der Waals surface area contributed by atoms with Crippen molar-refractivity contribution in [3.05, 3.63) is 0 Å². The summed E-state index contributed by atoms with van der Waals surface area (Å²) in [5.41, 5.74) is -0.646. The summed E-state index contributed by atoms with van der Waals surface area (Å²) in [7, 11) is -5.84. The minimum atomic E-state index is -5.84. The van der Waals surface area contributed by atoms with Gasteiger partial charge in [0.05, 0.1) is 12.8 Å². The van der Waals surface area contributed by atoms with E-state index >= 15 is 0 Å². The van der Waals surface area contributed by atoms with Gasteiger partial charge in [0.2, 0.25) is 0 Å². The lowest BCUT2D eigenvalue weighted by atomic mass is 9.68. The van der Waals surface area contributed by atoms with Gasteiger partial charge in [0, 0.05) is 5.92 Å². The Bertz CT molecular complexity index is 1320. The molecule has 15 heteroatoms. The molecule has 6 fully saturated rings. The molecule has 1 N–H and O–H groups in total. The van der Waals surface area contributed by atoms with Crippen LogP contribution in [0.5, 0.6) is 0 Å². The molecule has 0 aromatic heterocycles. The lowest BCUT2D eigenvalue weighted by Gasteiger charge is -2.46. The quantitative estimate of drug-likeness (QED) is 0.212. The maximum absolute atomic E-state index is 13.9. The fraction of sp³-hybridized carbons (Fsp3) is 0.857. The summed E-state index contributed by atoms with van der Waals surface area (Å²) in [4.78, 5) is 51.3. The average molecular weight is 635 g/mol. The van der Waals surface area contributed by atoms with Gasteiger partial charge in [0.15, 0.2) is 18.3 Å². The van der Waals surface area contributed by atoms with Gasteiger partial charge < -0.3 is 23.7 Å². The standard InChI is InChI=1S/C28H36F2O12S/c1-11(2)27(10-13-9-16(27)15-6-4-5-14(13)15)42-26(34)20-19-21-24(41-25(19)33)23(22(20)40-21)39-18(32)8-7-17(31)38-12(3)28(29,30)43(35,36)37/h11-16,19-24H,4-10H2,1-3H3,(H,35,36,37). The second-order valence-electron chi connectivity index (χ2n) is 13.2. The Morgan fingerprint density at radius 3 is 2.42 bits per heavy atom. The van der Waals surface area contributed by atoms with Crippen molar-refractivity contribution in [3.63, 3.8) is 0 Å². The van der Waals surface area contributed by atoms with Gasteiger partial charge in [-0.05, 0) is 56.3 Å². The van der Waals surface area contributed by atoms with E-state index in [0.29, 0.717) is 24.7 Å². The van der Waals surface area contributed by atoms with Crippen molar-refractivity contribution in [1.82, 2.24) is 0 Å². The van der Waals surface area contributed by atoms with Crippen LogP contribution in [0, 0.1) is 41.4 Å². The van der Waals surface area contributed by atoms with Gasteiger partial charge in [-0.1, -0.05) is 20.3 Å². The van der Waals surface area contributed by atoms with Crippen LogP contribution in [0.4, 0.5) is 8.78 Å². The van der Waals surface area contributed by atoms with Crippen molar-refractivity contribution >= 4 is 34.0 Å². The van der Waals surface area contributed by atoms with E-state index in [0.717, 1.165) is 19.3 Å². The number of hydrogen-bond donors (Lipinski definition) is 1. The number of carbonyl (C=O) groups is 4. The molecule has 0 aromatic carbocycles. The highest BCUT2D eigenvalue weighted by atomic mass is 32.2. The zero-order chi connectivity index (χ0) is 31.2. The second kappa shape index (κ2) is 10.3. The maximum Gasteiger partial charge on any atom is 0.405 e. The number of ether oxygens (including phenoxy) is 5. The maximum atomic E-state index is 13.9. The summed E-state index contributed by atoms with van der Waals surface area (Å²) in [5.74, 6) is -3.44. The van der Waals surface area contributed by atoms with E-state index in [1.165, 1.54) is 12.8 Å². The summed E-state index contributed by atoms with van der Waals surface area (Å²) < 4.78 is 85.3. The lowest BCUT2D eigenvalue weighted by molar-refractivity contribution is -0.188. The molecule has 3 heterocycles. The van der Waals surface area contributed by atoms with Crippen LogP contribution in [0.1, 0.15) is 65.7 Å². The Labute approximate surface area is 247 Å². The molecular weight excluding hydrogens is 598 g/mol. The van der Waals surface area contributed by atoms with E-state index in [9.17, 15) is 36.4 Å². The average Bonchev–Trinajstić information content (AvgIpc) is 3.72. The van der Waals surface area contributed by atoms with Gasteiger partial charge in [-0.2, -0.15) is 17.2 Å². The lowest BCUT2D eigenvalue weighted by Crippen LogP contribution is -2.53. The first-order valence-electron chi connectivity index (χ1n) is 14.9. The Morgan fingerprint density at radius 2 is 1.74 bits per heavy atom. The third kappa shape index (κ3) is 4.66. The minimum Gasteiger partial charge on any atom is -0.458 e. The van der Waals surface area contributed by atoms with Gasteiger partial charge in [0.1, 0.15) is 29.6 Å². The van der Waals surface area contributed by atoms with E-state index in [1.807, 2.05) is 0 Å². The van der Waals surface area contributed by atoms with Crippen molar-refractivity contribution in [2.24, 2.45) is 41.4 Å². The molecule has 12 atom stereocenters. The molecule has 43 heavy (non-hydrogen) atoms. The number of esters is 4. The zero-order valence-corrected chi connectivity index (χ0v) is 24.8. The smallest absolute Gasteiger partial charge is 0.405 e. The Hall–Kier alpha value is -2.39. The largest absolute Gasteiger partial charge is 0.458 e. The summed E-state index contributed by atoms with van der Waals surface area (Å²) >= 11 is 0. The molecular formula is C28H36F2O12S. The topological polar surface area (TPSA) is 169 Å². The van der Waals surface area contributed by atoms with E-state index in [-0.39, 0.29) is 11.8 Å². The van der Waals surface area contributed by atoms with Gasteiger partial charge in [0.25, 0.3) is 0 Å². The number of fused-ring (bicyclic) bond motifs is 6. The second-order valence-corrected chi connectivity index (χ2v) is 14.7. The molecule has 3 aliphatic heterocycles. The number of carbonyl (C=O) groups excluding carboxylic acids is 4. The highest BCUT2D eigenvalue weighted by Gasteiger charge is 2.73. The molecule has 12 unspecified atom stereocenters. The molecule has 3 saturated carbocycles. The fourth-order valence-corrected chi connectivity index (χ4v) is 9.45. The first-order valence-corrected chi connectivity index (χ1v) is 16.3. The summed E-state index contributed by atoms with van der Waals surface area (Å²) in [6.07, 6.45) is -2.49. The van der Waals surface area contributed by atoms with Gasteiger partial charge in [-0.15, -0.1) is 0 Å². The SMILES string of the molecule is CC(C)C1(OC(=O)C2C3OC4C(OC(=O)C42)C3OC(=O)CCC(=O)OC(C)C(F)(F)S(=O)(=O)O)CC2CC1C1CCCC21.